The van der Waals surface area contributed by atoms with E-state index in [1.807, 2.05) is 6.20 Å². The molecule has 0 bridgehead atoms. The van der Waals surface area contributed by atoms with E-state index in [2.05, 4.69) is 22.3 Å². The van der Waals surface area contributed by atoms with E-state index in [-0.39, 0.29) is 18.7 Å². The first-order valence-corrected chi connectivity index (χ1v) is 7.35. The number of carboxylic acid groups (broad SMARTS) is 1. The van der Waals surface area contributed by atoms with Crippen molar-refractivity contribution in [2.45, 2.75) is 26.2 Å². The third-order valence-electron chi connectivity index (χ3n) is 3.16. The number of hydrogen-bond acceptors (Lipinski definition) is 4. The van der Waals surface area contributed by atoms with Gasteiger partial charge in [-0.3, -0.25) is 0 Å². The molecule has 2 aromatic rings. The highest BCUT2D eigenvalue weighted by atomic mass is 19.1. The van der Waals surface area contributed by atoms with E-state index in [4.69, 9.17) is 9.84 Å². The molecule has 2 heterocycles. The Labute approximate surface area is 132 Å². The third-order valence-corrected chi connectivity index (χ3v) is 3.16. The van der Waals surface area contributed by atoms with Crippen molar-refractivity contribution in [3.05, 3.63) is 35.9 Å². The molecule has 0 saturated carbocycles. The third kappa shape index (κ3) is 4.94. The second-order valence-electron chi connectivity index (χ2n) is 5.02. The number of nitrogens with zero attached hydrogens (tertiary/aromatic N) is 3. The minimum Gasteiger partial charge on any atom is -0.472 e. The van der Waals surface area contributed by atoms with E-state index in [0.29, 0.717) is 12.2 Å². The van der Waals surface area contributed by atoms with Crippen LogP contribution in [0.15, 0.2) is 30.2 Å². The first-order valence-electron chi connectivity index (χ1n) is 7.35. The molecule has 2 aromatic heterocycles. The van der Waals surface area contributed by atoms with Crippen molar-refractivity contribution in [2.24, 2.45) is 0 Å². The van der Waals surface area contributed by atoms with Gasteiger partial charge in [0.25, 0.3) is 0 Å². The summed E-state index contributed by atoms with van der Waals surface area (Å²) in [5.74, 6) is 0.312. The molecule has 0 saturated heterocycles. The Balaban J connectivity index is 1.98. The summed E-state index contributed by atoms with van der Waals surface area (Å²) in [5.41, 5.74) is 1.85. The molecule has 2 rings (SSSR count). The lowest BCUT2D eigenvalue weighted by Gasteiger charge is -2.08. The molecule has 0 spiro atoms. The second-order valence-corrected chi connectivity index (χ2v) is 5.02. The summed E-state index contributed by atoms with van der Waals surface area (Å²) >= 11 is 0. The van der Waals surface area contributed by atoms with Crippen LogP contribution in [0.4, 0.5) is 9.18 Å². The molecule has 0 radical (unpaired) electrons. The minimum absolute atomic E-state index is 0.0906. The van der Waals surface area contributed by atoms with E-state index in [0.717, 1.165) is 30.6 Å². The number of aryl methyl sites for hydroxylation is 1. The fourth-order valence-corrected chi connectivity index (χ4v) is 1.95. The number of carbonyl (C=O) groups is 1. The molecule has 0 aliphatic rings. The number of fused-ring (bicyclic) bond motifs is 1. The Morgan fingerprint density at radius 3 is 3.04 bits per heavy atom. The molecule has 0 aliphatic carbocycles. The van der Waals surface area contributed by atoms with E-state index in [1.165, 1.54) is 0 Å². The van der Waals surface area contributed by atoms with Gasteiger partial charge in [-0.2, -0.15) is 0 Å². The highest BCUT2D eigenvalue weighted by Gasteiger charge is 2.06. The fourth-order valence-electron chi connectivity index (χ4n) is 1.95. The first-order chi connectivity index (χ1) is 11.1. The van der Waals surface area contributed by atoms with Gasteiger partial charge in [0.15, 0.2) is 5.65 Å². The van der Waals surface area contributed by atoms with Crippen molar-refractivity contribution >= 4 is 11.7 Å². The van der Waals surface area contributed by atoms with Gasteiger partial charge in [0.2, 0.25) is 5.88 Å². The average Bonchev–Trinajstić information content (AvgIpc) is 2.94. The Kier molecular flexibility index (Phi) is 5.90. The lowest BCUT2D eigenvalue weighted by Crippen LogP contribution is -2.25. The predicted molar refractivity (Wildman–Crippen MR) is 82.3 cm³/mol. The van der Waals surface area contributed by atoms with Crippen LogP contribution in [0, 0.1) is 0 Å². The van der Waals surface area contributed by atoms with Crippen molar-refractivity contribution < 1.29 is 19.0 Å². The van der Waals surface area contributed by atoms with Crippen molar-refractivity contribution in [2.75, 3.05) is 13.2 Å². The highest BCUT2D eigenvalue weighted by Crippen LogP contribution is 2.12. The van der Waals surface area contributed by atoms with Gasteiger partial charge in [0.05, 0.1) is 18.2 Å². The summed E-state index contributed by atoms with van der Waals surface area (Å²) in [7, 11) is 0. The number of hydrogen-bond donors (Lipinski definition) is 2. The summed E-state index contributed by atoms with van der Waals surface area (Å²) in [6, 6.07) is 3.42. The summed E-state index contributed by atoms with van der Waals surface area (Å²) in [4.78, 5) is 14.8. The number of aromatic nitrogens is 3. The zero-order chi connectivity index (χ0) is 16.7. The van der Waals surface area contributed by atoms with Crippen LogP contribution >= 0.6 is 0 Å². The van der Waals surface area contributed by atoms with Crippen LogP contribution in [0.1, 0.15) is 25.5 Å². The Morgan fingerprint density at radius 2 is 2.35 bits per heavy atom. The van der Waals surface area contributed by atoms with E-state index >= 15 is 0 Å². The smallest absolute Gasteiger partial charge is 0.404 e. The molecule has 0 unspecified atom stereocenters. The average molecular weight is 322 g/mol. The van der Waals surface area contributed by atoms with Crippen LogP contribution in [0.5, 0.6) is 5.88 Å². The first kappa shape index (κ1) is 16.7. The molecular weight excluding hydrogens is 303 g/mol. The molecule has 0 aliphatic heterocycles. The largest absolute Gasteiger partial charge is 0.472 e. The number of halogens is 1. The summed E-state index contributed by atoms with van der Waals surface area (Å²) < 4.78 is 19.7. The SMILES string of the molecule is CCCCc1cn2nc(OCC(=CF)CNC(=O)O)ccc2n1. The van der Waals surface area contributed by atoms with E-state index in [9.17, 15) is 9.18 Å². The number of rotatable bonds is 8. The quantitative estimate of drug-likeness (QED) is 0.780. The molecule has 8 heteroatoms. The maximum atomic E-state index is 12.7. The van der Waals surface area contributed by atoms with Crippen LogP contribution in [0.25, 0.3) is 5.65 Å². The zero-order valence-corrected chi connectivity index (χ0v) is 12.8. The van der Waals surface area contributed by atoms with Gasteiger partial charge in [0.1, 0.15) is 6.61 Å². The van der Waals surface area contributed by atoms with Gasteiger partial charge in [-0.25, -0.2) is 18.7 Å². The summed E-state index contributed by atoms with van der Waals surface area (Å²) in [6.07, 6.45) is 4.00. The zero-order valence-electron chi connectivity index (χ0n) is 12.8. The number of imidazole rings is 1. The van der Waals surface area contributed by atoms with Gasteiger partial charge < -0.3 is 15.2 Å². The minimum atomic E-state index is -1.22. The molecule has 0 aromatic carbocycles. The van der Waals surface area contributed by atoms with Gasteiger partial charge in [-0.1, -0.05) is 13.3 Å². The van der Waals surface area contributed by atoms with Gasteiger partial charge in [-0.05, 0) is 18.9 Å². The van der Waals surface area contributed by atoms with Crippen molar-refractivity contribution in [1.29, 1.82) is 0 Å². The van der Waals surface area contributed by atoms with Crippen LogP contribution in [0.2, 0.25) is 0 Å². The Bertz CT molecular complexity index is 699. The molecule has 7 nitrogen and oxygen atoms in total. The second kappa shape index (κ2) is 8.11. The van der Waals surface area contributed by atoms with E-state index < -0.39 is 6.09 Å². The van der Waals surface area contributed by atoms with Crippen molar-refractivity contribution in [3.8, 4) is 5.88 Å². The number of unbranched alkanes of at least 4 members (excludes halogenated alkanes) is 1. The predicted octanol–water partition coefficient (Wildman–Crippen LogP) is 2.57. The van der Waals surface area contributed by atoms with Crippen LogP contribution in [-0.4, -0.2) is 38.9 Å². The van der Waals surface area contributed by atoms with Gasteiger partial charge >= 0.3 is 6.09 Å². The summed E-state index contributed by atoms with van der Waals surface area (Å²) in [5, 5.41) is 14.8. The summed E-state index contributed by atoms with van der Waals surface area (Å²) in [6.45, 7) is 1.89. The Morgan fingerprint density at radius 1 is 1.52 bits per heavy atom. The normalized spacial score (nSPS) is 11.7. The molecular formula is C15H19FN4O3. The topological polar surface area (TPSA) is 88.8 Å². The van der Waals surface area contributed by atoms with Crippen molar-refractivity contribution in [1.82, 2.24) is 19.9 Å². The monoisotopic (exact) mass is 322 g/mol. The molecule has 0 atom stereocenters. The maximum Gasteiger partial charge on any atom is 0.404 e. The van der Waals surface area contributed by atoms with E-state index in [1.54, 1.807) is 16.6 Å². The van der Waals surface area contributed by atoms with Gasteiger partial charge in [-0.15, -0.1) is 5.10 Å². The van der Waals surface area contributed by atoms with Crippen LogP contribution < -0.4 is 10.1 Å². The van der Waals surface area contributed by atoms with Crippen LogP contribution in [-0.2, 0) is 6.42 Å². The van der Waals surface area contributed by atoms with Crippen molar-refractivity contribution in [3.63, 3.8) is 0 Å². The van der Waals surface area contributed by atoms with Crippen LogP contribution in [0.3, 0.4) is 0 Å². The standard InChI is InChI=1S/C15H19FN4O3/c1-2-3-4-12-9-20-13(18-12)5-6-14(19-20)23-10-11(7-16)8-17-15(21)22/h5-7,9,17H,2-4,8,10H2,1H3,(H,21,22). The Hall–Kier alpha value is -2.64. The molecule has 2 N–H and O–H groups in total. The molecule has 124 valence electrons. The molecule has 0 fully saturated rings. The molecule has 23 heavy (non-hydrogen) atoms. The number of nitrogens with one attached hydrogen (secondary N) is 1. The fraction of sp³-hybridized carbons (Fsp3) is 0.400. The maximum absolute atomic E-state index is 12.7. The number of ether oxygens (including phenoxy) is 1. The molecule has 1 amide bonds. The lowest BCUT2D eigenvalue weighted by atomic mass is 10.2. The lowest BCUT2D eigenvalue weighted by molar-refractivity contribution is 0.195. The number of amides is 1. The highest BCUT2D eigenvalue weighted by molar-refractivity contribution is 5.64. The van der Waals surface area contributed by atoms with Gasteiger partial charge in [0, 0.05) is 18.2 Å².